The summed E-state index contributed by atoms with van der Waals surface area (Å²) >= 11 is 0. The number of hydrogen-bond acceptors (Lipinski definition) is 3. The SMILES string of the molecule is C=CC[C@@H](O)[C@H]1CC2C=C[C@]1(CC=C)CC21OCCO1. The molecule has 2 bridgehead atoms. The highest BCUT2D eigenvalue weighted by Gasteiger charge is 2.59. The van der Waals surface area contributed by atoms with Crippen molar-refractivity contribution in [3.63, 3.8) is 0 Å². The maximum atomic E-state index is 10.5. The zero-order chi connectivity index (χ0) is 14.2. The van der Waals surface area contributed by atoms with Crippen LogP contribution in [0.3, 0.4) is 0 Å². The fourth-order valence-corrected chi connectivity index (χ4v) is 4.35. The molecule has 1 unspecified atom stereocenters. The van der Waals surface area contributed by atoms with E-state index in [1.54, 1.807) is 6.08 Å². The minimum Gasteiger partial charge on any atom is -0.392 e. The van der Waals surface area contributed by atoms with Gasteiger partial charge in [0.25, 0.3) is 0 Å². The van der Waals surface area contributed by atoms with Crippen molar-refractivity contribution in [2.75, 3.05) is 13.2 Å². The molecule has 3 nitrogen and oxygen atoms in total. The molecular formula is C17H24O3. The Labute approximate surface area is 121 Å². The third-order valence-electron chi connectivity index (χ3n) is 5.22. The smallest absolute Gasteiger partial charge is 0.175 e. The van der Waals surface area contributed by atoms with Crippen LogP contribution in [-0.4, -0.2) is 30.2 Å². The van der Waals surface area contributed by atoms with Crippen molar-refractivity contribution >= 4 is 0 Å². The molecule has 0 aromatic heterocycles. The standard InChI is InChI=1S/C17H24O3/c1-3-5-15(18)14-11-13-6-8-16(14,7-4-2)12-17(13)19-9-10-20-17/h3-4,6,8,13-15,18H,1-2,5,7,9-12H2/t13?,14-,15-,16-/m1/s1. The molecule has 20 heavy (non-hydrogen) atoms. The molecule has 3 aliphatic carbocycles. The van der Waals surface area contributed by atoms with E-state index in [1.165, 1.54) is 0 Å². The zero-order valence-corrected chi connectivity index (χ0v) is 12.0. The zero-order valence-electron chi connectivity index (χ0n) is 12.0. The molecule has 2 fully saturated rings. The lowest BCUT2D eigenvalue weighted by Crippen LogP contribution is -2.56. The van der Waals surface area contributed by atoms with E-state index >= 15 is 0 Å². The van der Waals surface area contributed by atoms with Gasteiger partial charge in [-0.05, 0) is 25.2 Å². The van der Waals surface area contributed by atoms with Crippen LogP contribution in [0.5, 0.6) is 0 Å². The topological polar surface area (TPSA) is 38.7 Å². The Balaban J connectivity index is 1.92. The van der Waals surface area contributed by atoms with Gasteiger partial charge in [0, 0.05) is 17.8 Å². The molecule has 0 aromatic carbocycles. The molecule has 4 aliphatic rings. The third kappa shape index (κ3) is 2.00. The number of hydrogen-bond donors (Lipinski definition) is 1. The van der Waals surface area contributed by atoms with Gasteiger partial charge in [0.2, 0.25) is 0 Å². The monoisotopic (exact) mass is 276 g/mol. The second-order valence-electron chi connectivity index (χ2n) is 6.31. The lowest BCUT2D eigenvalue weighted by atomic mass is 9.53. The van der Waals surface area contributed by atoms with Crippen LogP contribution >= 0.6 is 0 Å². The predicted octanol–water partition coefficient (Wildman–Crippen LogP) is 2.83. The van der Waals surface area contributed by atoms with Gasteiger partial charge >= 0.3 is 0 Å². The van der Waals surface area contributed by atoms with Gasteiger partial charge in [0.05, 0.1) is 19.3 Å². The van der Waals surface area contributed by atoms with Crippen molar-refractivity contribution in [3.8, 4) is 0 Å². The van der Waals surface area contributed by atoms with E-state index in [0.717, 1.165) is 19.3 Å². The van der Waals surface area contributed by atoms with Crippen molar-refractivity contribution < 1.29 is 14.6 Å². The van der Waals surface area contributed by atoms with Gasteiger partial charge < -0.3 is 14.6 Å². The summed E-state index contributed by atoms with van der Waals surface area (Å²) in [4.78, 5) is 0. The molecule has 3 heteroatoms. The molecule has 0 radical (unpaired) electrons. The lowest BCUT2D eigenvalue weighted by Gasteiger charge is -2.56. The second kappa shape index (κ2) is 5.14. The van der Waals surface area contributed by atoms with Gasteiger partial charge in [-0.2, -0.15) is 0 Å². The fraction of sp³-hybridized carbons (Fsp3) is 0.647. The molecule has 4 atom stereocenters. The molecule has 1 saturated heterocycles. The molecule has 1 saturated carbocycles. The summed E-state index contributed by atoms with van der Waals surface area (Å²) in [6.07, 6.45) is 11.1. The van der Waals surface area contributed by atoms with Crippen LogP contribution in [0.1, 0.15) is 25.7 Å². The Morgan fingerprint density at radius 3 is 2.70 bits per heavy atom. The molecule has 1 heterocycles. The number of rotatable bonds is 5. The van der Waals surface area contributed by atoms with E-state index < -0.39 is 5.79 Å². The minimum atomic E-state index is -0.456. The van der Waals surface area contributed by atoms with Crippen molar-refractivity contribution in [1.29, 1.82) is 0 Å². The Morgan fingerprint density at radius 2 is 2.05 bits per heavy atom. The summed E-state index contributed by atoms with van der Waals surface area (Å²) in [5.74, 6) is 0.0235. The third-order valence-corrected chi connectivity index (χ3v) is 5.22. The molecule has 1 N–H and O–H groups in total. The van der Waals surface area contributed by atoms with Crippen LogP contribution in [0, 0.1) is 17.3 Å². The van der Waals surface area contributed by atoms with Gasteiger partial charge in [0.1, 0.15) is 0 Å². The molecule has 4 rings (SSSR count). The number of fused-ring (bicyclic) bond motifs is 1. The molecule has 0 amide bonds. The van der Waals surface area contributed by atoms with E-state index in [0.29, 0.717) is 19.6 Å². The maximum absolute atomic E-state index is 10.5. The van der Waals surface area contributed by atoms with Gasteiger partial charge in [-0.25, -0.2) is 0 Å². The van der Waals surface area contributed by atoms with Crippen LogP contribution in [0.2, 0.25) is 0 Å². The van der Waals surface area contributed by atoms with Crippen LogP contribution < -0.4 is 0 Å². The van der Waals surface area contributed by atoms with E-state index in [-0.39, 0.29) is 23.4 Å². The first-order chi connectivity index (χ1) is 9.66. The highest BCUT2D eigenvalue weighted by Crippen LogP contribution is 2.59. The number of allylic oxidation sites excluding steroid dienone is 2. The van der Waals surface area contributed by atoms with E-state index in [9.17, 15) is 5.11 Å². The number of ether oxygens (including phenoxy) is 2. The summed E-state index contributed by atoms with van der Waals surface area (Å²) in [5, 5.41) is 10.5. The fourth-order valence-electron chi connectivity index (χ4n) is 4.35. The second-order valence-corrected chi connectivity index (χ2v) is 6.31. The largest absolute Gasteiger partial charge is 0.392 e. The van der Waals surface area contributed by atoms with E-state index in [2.05, 4.69) is 25.3 Å². The first kappa shape index (κ1) is 14.1. The van der Waals surface area contributed by atoms with Crippen molar-refractivity contribution in [3.05, 3.63) is 37.5 Å². The summed E-state index contributed by atoms with van der Waals surface area (Å²) in [7, 11) is 0. The van der Waals surface area contributed by atoms with Crippen LogP contribution in [-0.2, 0) is 9.47 Å². The first-order valence-corrected chi connectivity index (χ1v) is 7.53. The van der Waals surface area contributed by atoms with E-state index in [4.69, 9.17) is 9.47 Å². The van der Waals surface area contributed by atoms with Gasteiger partial charge in [0.15, 0.2) is 5.79 Å². The summed E-state index contributed by atoms with van der Waals surface area (Å²) in [6.45, 7) is 9.00. The summed E-state index contributed by atoms with van der Waals surface area (Å²) in [6, 6.07) is 0. The maximum Gasteiger partial charge on any atom is 0.175 e. The normalized spacial score (nSPS) is 39.0. The quantitative estimate of drug-likeness (QED) is 0.785. The Hall–Kier alpha value is -0.900. The lowest BCUT2D eigenvalue weighted by molar-refractivity contribution is -0.243. The van der Waals surface area contributed by atoms with Crippen LogP contribution in [0.4, 0.5) is 0 Å². The van der Waals surface area contributed by atoms with Gasteiger partial charge in [-0.1, -0.05) is 24.3 Å². The average molecular weight is 276 g/mol. The number of aliphatic hydroxyl groups is 1. The predicted molar refractivity (Wildman–Crippen MR) is 78.1 cm³/mol. The number of aliphatic hydroxyl groups excluding tert-OH is 1. The Kier molecular flexibility index (Phi) is 3.61. The first-order valence-electron chi connectivity index (χ1n) is 7.53. The molecule has 0 aromatic rings. The highest BCUT2D eigenvalue weighted by atomic mass is 16.7. The van der Waals surface area contributed by atoms with Crippen molar-refractivity contribution in [2.45, 2.75) is 37.6 Å². The Morgan fingerprint density at radius 1 is 1.30 bits per heavy atom. The molecule has 110 valence electrons. The minimum absolute atomic E-state index is 0.0940. The summed E-state index contributed by atoms with van der Waals surface area (Å²) < 4.78 is 11.9. The van der Waals surface area contributed by atoms with Crippen LogP contribution in [0.25, 0.3) is 0 Å². The van der Waals surface area contributed by atoms with Gasteiger partial charge in [-0.15, -0.1) is 13.2 Å². The molecule has 1 spiro atoms. The Bertz CT molecular complexity index is 422. The van der Waals surface area contributed by atoms with E-state index in [1.807, 2.05) is 6.08 Å². The molecule has 1 aliphatic heterocycles. The summed E-state index contributed by atoms with van der Waals surface area (Å²) in [5.41, 5.74) is -0.0940. The van der Waals surface area contributed by atoms with Crippen molar-refractivity contribution in [1.82, 2.24) is 0 Å². The van der Waals surface area contributed by atoms with Gasteiger partial charge in [-0.3, -0.25) is 0 Å². The van der Waals surface area contributed by atoms with Crippen molar-refractivity contribution in [2.24, 2.45) is 17.3 Å². The average Bonchev–Trinajstić information content (AvgIpc) is 2.88. The van der Waals surface area contributed by atoms with Crippen LogP contribution in [0.15, 0.2) is 37.5 Å². The highest BCUT2D eigenvalue weighted by molar-refractivity contribution is 5.22. The molecular weight excluding hydrogens is 252 g/mol.